The van der Waals surface area contributed by atoms with E-state index in [1.54, 1.807) is 6.07 Å². The molecule has 0 radical (unpaired) electrons. The third-order valence-electron chi connectivity index (χ3n) is 4.32. The fourth-order valence-corrected chi connectivity index (χ4v) is 3.17. The molecule has 2 aromatic rings. The minimum absolute atomic E-state index is 0.0856. The number of hydrogen-bond donors (Lipinski definition) is 1. The highest BCUT2D eigenvalue weighted by Gasteiger charge is 2.23. The molecule has 4 rings (SSSR count). The number of nitrogens with one attached hydrogen (secondary N) is 1. The molecular weight excluding hydrogens is 280 g/mol. The zero-order chi connectivity index (χ0) is 15.1. The number of ether oxygens (including phenoxy) is 1. The minimum Gasteiger partial charge on any atom is -0.493 e. The van der Waals surface area contributed by atoms with E-state index in [-0.39, 0.29) is 11.9 Å². The number of rotatable bonds is 3. The summed E-state index contributed by atoms with van der Waals surface area (Å²) < 4.78 is 7.58. The van der Waals surface area contributed by atoms with Crippen LogP contribution >= 0.6 is 0 Å². The number of aromatic nitrogens is 3. The topological polar surface area (TPSA) is 69.0 Å². The fraction of sp³-hybridized carbons (Fsp3) is 0.438. The van der Waals surface area contributed by atoms with Crippen molar-refractivity contribution in [3.05, 3.63) is 41.0 Å². The van der Waals surface area contributed by atoms with Crippen LogP contribution < -0.4 is 10.1 Å². The third-order valence-corrected chi connectivity index (χ3v) is 4.32. The molecule has 0 saturated carbocycles. The smallest absolute Gasteiger partial charge is 0.251 e. The highest BCUT2D eigenvalue weighted by molar-refractivity contribution is 5.94. The van der Waals surface area contributed by atoms with Crippen LogP contribution in [0.3, 0.4) is 0 Å². The molecule has 114 valence electrons. The zero-order valence-electron chi connectivity index (χ0n) is 12.5. The average Bonchev–Trinajstić information content (AvgIpc) is 3.22. The Labute approximate surface area is 128 Å². The Morgan fingerprint density at radius 1 is 1.36 bits per heavy atom. The molecule has 0 bridgehead atoms. The number of aryl methyl sites for hydroxylation is 1. The van der Waals surface area contributed by atoms with Crippen LogP contribution in [-0.4, -0.2) is 27.3 Å². The van der Waals surface area contributed by atoms with Gasteiger partial charge in [-0.15, -0.1) is 10.2 Å². The monoisotopic (exact) mass is 298 g/mol. The van der Waals surface area contributed by atoms with Crippen molar-refractivity contribution in [3.8, 4) is 5.75 Å². The van der Waals surface area contributed by atoms with Crippen LogP contribution in [0.25, 0.3) is 0 Å². The van der Waals surface area contributed by atoms with Crippen LogP contribution in [0.4, 0.5) is 0 Å². The van der Waals surface area contributed by atoms with Gasteiger partial charge in [-0.1, -0.05) is 0 Å². The second-order valence-electron chi connectivity index (χ2n) is 5.85. The van der Waals surface area contributed by atoms with Crippen molar-refractivity contribution in [3.63, 3.8) is 0 Å². The van der Waals surface area contributed by atoms with Crippen molar-refractivity contribution < 1.29 is 9.53 Å². The third kappa shape index (κ3) is 2.15. The van der Waals surface area contributed by atoms with Gasteiger partial charge >= 0.3 is 0 Å². The molecule has 1 aromatic carbocycles. The molecule has 6 heteroatoms. The van der Waals surface area contributed by atoms with Crippen molar-refractivity contribution in [2.45, 2.75) is 38.8 Å². The molecule has 1 amide bonds. The summed E-state index contributed by atoms with van der Waals surface area (Å²) in [7, 11) is 0. The summed E-state index contributed by atoms with van der Waals surface area (Å²) >= 11 is 0. The molecule has 0 unspecified atom stereocenters. The summed E-state index contributed by atoms with van der Waals surface area (Å²) in [6.07, 6.45) is 2.94. The molecule has 0 fully saturated rings. The number of carbonyl (C=O) groups is 1. The summed E-state index contributed by atoms with van der Waals surface area (Å²) in [6.45, 7) is 3.58. The van der Waals surface area contributed by atoms with E-state index in [0.717, 1.165) is 48.8 Å². The summed E-state index contributed by atoms with van der Waals surface area (Å²) in [5.41, 5.74) is 1.76. The first-order chi connectivity index (χ1) is 10.7. The summed E-state index contributed by atoms with van der Waals surface area (Å²) in [5, 5.41) is 11.4. The van der Waals surface area contributed by atoms with Gasteiger partial charge in [0.2, 0.25) is 0 Å². The lowest BCUT2D eigenvalue weighted by Gasteiger charge is -2.14. The summed E-state index contributed by atoms with van der Waals surface area (Å²) in [6, 6.07) is 5.44. The molecule has 2 aliphatic heterocycles. The van der Waals surface area contributed by atoms with E-state index in [2.05, 4.69) is 20.1 Å². The Morgan fingerprint density at radius 2 is 2.27 bits per heavy atom. The number of nitrogens with zero attached hydrogens (tertiary/aromatic N) is 3. The van der Waals surface area contributed by atoms with Crippen LogP contribution in [0.1, 0.15) is 47.0 Å². The highest BCUT2D eigenvalue weighted by Crippen LogP contribution is 2.26. The van der Waals surface area contributed by atoms with E-state index in [9.17, 15) is 4.79 Å². The standard InChI is InChI=1S/C16H18N4O2/c1-10(15-19-18-14-3-2-7-20(14)15)17-16(21)12-4-5-13-11(9-12)6-8-22-13/h4-5,9-10H,2-3,6-8H2,1H3,(H,17,21)/t10-/m1/s1. The molecule has 1 N–H and O–H groups in total. The van der Waals surface area contributed by atoms with Gasteiger partial charge in [0.15, 0.2) is 5.82 Å². The van der Waals surface area contributed by atoms with Crippen LogP contribution in [-0.2, 0) is 19.4 Å². The van der Waals surface area contributed by atoms with Crippen LogP contribution in [0.2, 0.25) is 0 Å². The average molecular weight is 298 g/mol. The normalized spacial score (nSPS) is 16.8. The van der Waals surface area contributed by atoms with Gasteiger partial charge in [0, 0.05) is 24.9 Å². The van der Waals surface area contributed by atoms with Crippen molar-refractivity contribution in [1.29, 1.82) is 0 Å². The Bertz CT molecular complexity index is 738. The number of fused-ring (bicyclic) bond motifs is 2. The largest absolute Gasteiger partial charge is 0.493 e. The van der Waals surface area contributed by atoms with E-state index in [0.29, 0.717) is 12.2 Å². The maximum atomic E-state index is 12.4. The van der Waals surface area contributed by atoms with Gasteiger partial charge < -0.3 is 14.6 Å². The van der Waals surface area contributed by atoms with Crippen molar-refractivity contribution in [2.75, 3.05) is 6.61 Å². The summed E-state index contributed by atoms with van der Waals surface area (Å²) in [5.74, 6) is 2.66. The van der Waals surface area contributed by atoms with Crippen molar-refractivity contribution in [1.82, 2.24) is 20.1 Å². The predicted octanol–water partition coefficient (Wildman–Crippen LogP) is 1.65. The maximum absolute atomic E-state index is 12.4. The first kappa shape index (κ1) is 13.3. The van der Waals surface area contributed by atoms with E-state index in [1.165, 1.54) is 0 Å². The lowest BCUT2D eigenvalue weighted by Crippen LogP contribution is -2.28. The van der Waals surface area contributed by atoms with Crippen LogP contribution in [0, 0.1) is 0 Å². The van der Waals surface area contributed by atoms with E-state index in [4.69, 9.17) is 4.74 Å². The molecular formula is C16H18N4O2. The second-order valence-corrected chi connectivity index (χ2v) is 5.85. The predicted molar refractivity (Wildman–Crippen MR) is 79.9 cm³/mol. The van der Waals surface area contributed by atoms with Gasteiger partial charge in [-0.25, -0.2) is 0 Å². The second kappa shape index (κ2) is 5.12. The SMILES string of the molecule is C[C@@H](NC(=O)c1ccc2c(c1)CCO2)c1nnc2n1CCC2. The molecule has 22 heavy (non-hydrogen) atoms. The summed E-state index contributed by atoms with van der Waals surface area (Å²) in [4.78, 5) is 12.4. The maximum Gasteiger partial charge on any atom is 0.251 e. The molecule has 2 aliphatic rings. The molecule has 6 nitrogen and oxygen atoms in total. The van der Waals surface area contributed by atoms with E-state index >= 15 is 0 Å². The van der Waals surface area contributed by atoms with Gasteiger partial charge in [-0.05, 0) is 37.1 Å². The Hall–Kier alpha value is -2.37. The van der Waals surface area contributed by atoms with Gasteiger partial charge in [0.25, 0.3) is 5.91 Å². The minimum atomic E-state index is -0.156. The lowest BCUT2D eigenvalue weighted by atomic mass is 10.1. The van der Waals surface area contributed by atoms with Gasteiger partial charge in [-0.2, -0.15) is 0 Å². The number of carbonyl (C=O) groups excluding carboxylic acids is 1. The number of amides is 1. The highest BCUT2D eigenvalue weighted by atomic mass is 16.5. The van der Waals surface area contributed by atoms with Crippen LogP contribution in [0.15, 0.2) is 18.2 Å². The lowest BCUT2D eigenvalue weighted by molar-refractivity contribution is 0.0937. The van der Waals surface area contributed by atoms with Gasteiger partial charge in [-0.3, -0.25) is 4.79 Å². The first-order valence-corrected chi connectivity index (χ1v) is 7.71. The Balaban J connectivity index is 1.51. The quantitative estimate of drug-likeness (QED) is 0.935. The van der Waals surface area contributed by atoms with E-state index < -0.39 is 0 Å². The molecule has 1 aromatic heterocycles. The fourth-order valence-electron chi connectivity index (χ4n) is 3.17. The van der Waals surface area contributed by atoms with E-state index in [1.807, 2.05) is 19.1 Å². The number of benzene rings is 1. The molecule has 0 spiro atoms. The Kier molecular flexibility index (Phi) is 3.10. The van der Waals surface area contributed by atoms with Gasteiger partial charge in [0.05, 0.1) is 12.6 Å². The van der Waals surface area contributed by atoms with Crippen molar-refractivity contribution in [2.24, 2.45) is 0 Å². The van der Waals surface area contributed by atoms with Crippen LogP contribution in [0.5, 0.6) is 5.75 Å². The molecule has 0 aliphatic carbocycles. The molecule has 0 saturated heterocycles. The van der Waals surface area contributed by atoms with Crippen molar-refractivity contribution >= 4 is 5.91 Å². The first-order valence-electron chi connectivity index (χ1n) is 7.71. The number of hydrogen-bond acceptors (Lipinski definition) is 4. The Morgan fingerprint density at radius 3 is 3.18 bits per heavy atom. The van der Waals surface area contributed by atoms with Gasteiger partial charge in [0.1, 0.15) is 11.6 Å². The molecule has 3 heterocycles. The molecule has 1 atom stereocenters. The zero-order valence-corrected chi connectivity index (χ0v) is 12.5.